The molecule has 3 saturated heterocycles. The third-order valence-electron chi connectivity index (χ3n) is 13.5. The maximum atomic E-state index is 13.4. The fourth-order valence-corrected chi connectivity index (χ4v) is 11.2. The van der Waals surface area contributed by atoms with Crippen LogP contribution in [0.2, 0.25) is 0 Å². The number of amides is 3. The molecule has 0 aliphatic carbocycles. The predicted molar refractivity (Wildman–Crippen MR) is 243 cm³/mol. The number of imide groups is 1. The maximum absolute atomic E-state index is 13.4. The molecule has 7 heterocycles. The molecule has 4 aliphatic rings. The van der Waals surface area contributed by atoms with Gasteiger partial charge in [-0.2, -0.15) is 0 Å². The van der Waals surface area contributed by atoms with Gasteiger partial charge < -0.3 is 20.4 Å². The van der Waals surface area contributed by atoms with Crippen LogP contribution < -0.4 is 26.5 Å². The van der Waals surface area contributed by atoms with E-state index in [1.54, 1.807) is 16.2 Å². The van der Waals surface area contributed by atoms with Gasteiger partial charge in [0.05, 0.1) is 27.9 Å². The van der Waals surface area contributed by atoms with Gasteiger partial charge in [0.2, 0.25) is 11.8 Å². The number of rotatable bonds is 9. The number of nitrogens with one attached hydrogen (secondary N) is 3. The van der Waals surface area contributed by atoms with Gasteiger partial charge in [-0.25, -0.2) is 9.78 Å². The number of hydrogen-bond acceptors (Lipinski definition) is 10. The molecule has 1 unspecified atom stereocenters. The zero-order chi connectivity index (χ0) is 41.8. The Hall–Kier alpha value is -5.57. The molecule has 3 aromatic carbocycles. The van der Waals surface area contributed by atoms with Gasteiger partial charge in [-0.15, -0.1) is 11.3 Å². The normalized spacial score (nSPS) is 20.8. The number of para-hydroxylation sites is 1. The number of carbonyl (C=O) groups is 3. The van der Waals surface area contributed by atoms with Crippen molar-refractivity contribution in [3.63, 3.8) is 0 Å². The Morgan fingerprint density at radius 1 is 0.852 bits per heavy atom. The molecule has 61 heavy (non-hydrogen) atoms. The smallest absolute Gasteiger partial charge is 0.329 e. The van der Waals surface area contributed by atoms with E-state index in [9.17, 15) is 19.2 Å². The summed E-state index contributed by atoms with van der Waals surface area (Å²) in [4.78, 5) is 64.3. The number of thiophene rings is 1. The third-order valence-corrected chi connectivity index (χ3v) is 14.7. The molecule has 2 atom stereocenters. The summed E-state index contributed by atoms with van der Waals surface area (Å²) in [6.07, 6.45) is 4.90. The van der Waals surface area contributed by atoms with Gasteiger partial charge >= 0.3 is 5.69 Å². The number of piperidine rings is 2. The zero-order valence-electron chi connectivity index (χ0n) is 34.9. The topological polar surface area (TPSA) is 137 Å². The molecule has 0 saturated carbocycles. The molecule has 316 valence electrons. The molecule has 0 radical (unpaired) electrons. The second-order valence-electron chi connectivity index (χ2n) is 17.4. The molecular weight excluding hydrogens is 787 g/mol. The molecule has 3 amide bonds. The third kappa shape index (κ3) is 7.59. The van der Waals surface area contributed by atoms with E-state index in [2.05, 4.69) is 85.2 Å². The lowest BCUT2D eigenvalue weighted by molar-refractivity contribution is -0.135. The van der Waals surface area contributed by atoms with E-state index in [4.69, 9.17) is 4.98 Å². The van der Waals surface area contributed by atoms with Gasteiger partial charge in [0, 0.05) is 92.0 Å². The number of aryl methyl sites for hydroxylation is 2. The molecule has 3 aromatic heterocycles. The molecule has 3 N–H and O–H groups in total. The van der Waals surface area contributed by atoms with Crippen molar-refractivity contribution in [3.8, 4) is 11.3 Å². The summed E-state index contributed by atoms with van der Waals surface area (Å²) in [6, 6.07) is 22.6. The summed E-state index contributed by atoms with van der Waals surface area (Å²) in [6.45, 7) is 11.2. The number of aromatic nitrogens is 3. The first kappa shape index (κ1) is 39.6. The lowest BCUT2D eigenvalue weighted by atomic mass is 9.90. The van der Waals surface area contributed by atoms with Crippen molar-refractivity contribution in [2.45, 2.75) is 57.5 Å². The van der Waals surface area contributed by atoms with Crippen LogP contribution in [0.25, 0.3) is 43.3 Å². The number of carbonyl (C=O) groups excluding carboxylic acids is 3. The average Bonchev–Trinajstić information content (AvgIpc) is 3.74. The van der Waals surface area contributed by atoms with Gasteiger partial charge in [-0.05, 0) is 106 Å². The van der Waals surface area contributed by atoms with Crippen LogP contribution in [0, 0.1) is 5.92 Å². The van der Waals surface area contributed by atoms with Crippen LogP contribution in [-0.2, 0) is 23.1 Å². The number of fused-ring (bicyclic) bond motifs is 6. The van der Waals surface area contributed by atoms with E-state index in [1.165, 1.54) is 29.9 Å². The number of likely N-dealkylation sites (tertiary alicyclic amines) is 1. The van der Waals surface area contributed by atoms with Gasteiger partial charge in [-0.1, -0.05) is 24.3 Å². The van der Waals surface area contributed by atoms with E-state index < -0.39 is 11.9 Å². The van der Waals surface area contributed by atoms with Crippen molar-refractivity contribution in [1.29, 1.82) is 0 Å². The van der Waals surface area contributed by atoms with Crippen LogP contribution in [-0.4, -0.2) is 107 Å². The number of imidazole rings is 1. The van der Waals surface area contributed by atoms with Crippen LogP contribution in [0.15, 0.2) is 71.5 Å². The highest BCUT2D eigenvalue weighted by molar-refractivity contribution is 7.21. The standard InChI is InChI=1S/C47H53N9O4S/c1-29-28-48-42-41-34-11-12-35(50-36(34)13-15-39(41)61-44(42)46(59)49-29)32-6-3-7-33(27-32)55-25-23-54(24-26-55)22-21-53-19-17-30(18-20-53)9-10-31-5-4-8-37-43(31)52(2)47(60)56(37)38-14-16-40(57)51-45(38)58/h3-8,11-13,15,27,29-30,38,48H,9-10,14,16-26,28H2,1-2H3,(H,49,59)(H,51,57,58)/t29-,38?/m1/s1. The van der Waals surface area contributed by atoms with E-state index in [1.807, 2.05) is 19.1 Å². The Kier molecular flexibility index (Phi) is 10.6. The first-order valence-corrected chi connectivity index (χ1v) is 22.7. The van der Waals surface area contributed by atoms with Crippen LogP contribution in [0.5, 0.6) is 0 Å². The minimum absolute atomic E-state index is 0.0143. The van der Waals surface area contributed by atoms with E-state index in [0.717, 1.165) is 125 Å². The minimum atomic E-state index is -0.666. The van der Waals surface area contributed by atoms with Crippen molar-refractivity contribution in [3.05, 3.63) is 87.7 Å². The Balaban J connectivity index is 0.712. The molecule has 0 bridgehead atoms. The summed E-state index contributed by atoms with van der Waals surface area (Å²) in [5, 5.41) is 11.2. The molecule has 3 fully saturated rings. The van der Waals surface area contributed by atoms with Gasteiger partial charge in [0.25, 0.3) is 5.91 Å². The summed E-state index contributed by atoms with van der Waals surface area (Å²) in [5.74, 6) is -0.0521. The summed E-state index contributed by atoms with van der Waals surface area (Å²) < 4.78 is 4.35. The lowest BCUT2D eigenvalue weighted by Crippen LogP contribution is -2.49. The van der Waals surface area contributed by atoms with Crippen molar-refractivity contribution >= 4 is 72.5 Å². The number of piperazine rings is 1. The SMILES string of the molecule is C[C@@H]1CNc2c(sc3ccc4nc(-c5cccc(N6CCN(CCN7CCC(CCc8cccc9c8n(C)c(=O)n9C8CCC(=O)NC8=O)CC7)CC6)c5)ccc4c23)C(=O)N1. The van der Waals surface area contributed by atoms with E-state index in [0.29, 0.717) is 18.9 Å². The van der Waals surface area contributed by atoms with Crippen LogP contribution >= 0.6 is 11.3 Å². The average molecular weight is 840 g/mol. The quantitative estimate of drug-likeness (QED) is 0.156. The number of nitrogens with zero attached hydrogens (tertiary/aromatic N) is 6. The summed E-state index contributed by atoms with van der Waals surface area (Å²) >= 11 is 1.54. The number of anilines is 2. The molecule has 13 nitrogen and oxygen atoms in total. The molecule has 10 rings (SSSR count). The highest BCUT2D eigenvalue weighted by Gasteiger charge is 2.32. The molecule has 14 heteroatoms. The lowest BCUT2D eigenvalue weighted by Gasteiger charge is -2.38. The highest BCUT2D eigenvalue weighted by atomic mass is 32.1. The van der Waals surface area contributed by atoms with Crippen LogP contribution in [0.1, 0.15) is 60.3 Å². The minimum Gasteiger partial charge on any atom is -0.381 e. The van der Waals surface area contributed by atoms with E-state index >= 15 is 0 Å². The first-order valence-electron chi connectivity index (χ1n) is 21.9. The van der Waals surface area contributed by atoms with Crippen molar-refractivity contribution in [1.82, 2.24) is 34.6 Å². The molecule has 4 aliphatic heterocycles. The highest BCUT2D eigenvalue weighted by Crippen LogP contribution is 2.41. The Labute approximate surface area is 358 Å². The molecular formula is C47H53N9O4S. The zero-order valence-corrected chi connectivity index (χ0v) is 35.7. The van der Waals surface area contributed by atoms with Gasteiger partial charge in [0.1, 0.15) is 10.9 Å². The number of pyridine rings is 1. The Morgan fingerprint density at radius 2 is 1.64 bits per heavy atom. The first-order chi connectivity index (χ1) is 29.7. The van der Waals surface area contributed by atoms with Crippen molar-refractivity contribution < 1.29 is 14.4 Å². The van der Waals surface area contributed by atoms with Crippen LogP contribution in [0.3, 0.4) is 0 Å². The van der Waals surface area contributed by atoms with E-state index in [-0.39, 0.29) is 30.0 Å². The maximum Gasteiger partial charge on any atom is 0.329 e. The summed E-state index contributed by atoms with van der Waals surface area (Å²) in [7, 11) is 1.79. The van der Waals surface area contributed by atoms with Crippen molar-refractivity contribution in [2.75, 3.05) is 69.1 Å². The van der Waals surface area contributed by atoms with Crippen molar-refractivity contribution in [2.24, 2.45) is 13.0 Å². The fourth-order valence-electron chi connectivity index (χ4n) is 10.1. The Morgan fingerprint density at radius 3 is 2.44 bits per heavy atom. The summed E-state index contributed by atoms with van der Waals surface area (Å²) in [5.41, 5.74) is 7.72. The van der Waals surface area contributed by atoms with Gasteiger partial charge in [0.15, 0.2) is 0 Å². The molecule has 0 spiro atoms. The van der Waals surface area contributed by atoms with Gasteiger partial charge in [-0.3, -0.25) is 33.7 Å². The second kappa shape index (κ2) is 16.4. The number of hydrogen-bond donors (Lipinski definition) is 3. The molecule has 6 aromatic rings. The second-order valence-corrected chi connectivity index (χ2v) is 18.5. The largest absolute Gasteiger partial charge is 0.381 e. The number of benzene rings is 3. The van der Waals surface area contributed by atoms with Crippen LogP contribution in [0.4, 0.5) is 11.4 Å². The predicted octanol–water partition coefficient (Wildman–Crippen LogP) is 5.76. The Bertz CT molecular complexity index is 2740. The fraction of sp³-hybridized carbons (Fsp3) is 0.426. The monoisotopic (exact) mass is 839 g/mol.